The Morgan fingerprint density at radius 2 is 1.87 bits per heavy atom. The van der Waals surface area contributed by atoms with Crippen molar-refractivity contribution >= 4 is 35.0 Å². The highest BCUT2D eigenvalue weighted by atomic mass is 35.5. The molecule has 0 aliphatic heterocycles. The summed E-state index contributed by atoms with van der Waals surface area (Å²) in [6, 6.07) is 14.0. The van der Waals surface area contributed by atoms with E-state index in [1.54, 1.807) is 36.4 Å². The van der Waals surface area contributed by atoms with E-state index in [1.165, 1.54) is 24.3 Å². The Bertz CT molecular complexity index is 823. The van der Waals surface area contributed by atoms with Gasteiger partial charge in [0.15, 0.2) is 0 Å². The number of amides is 1. The van der Waals surface area contributed by atoms with Crippen LogP contribution < -0.4 is 5.32 Å². The molecule has 2 aromatic carbocycles. The van der Waals surface area contributed by atoms with Crippen molar-refractivity contribution in [2.45, 2.75) is 0 Å². The topological polar surface area (TPSA) is 96.0 Å². The van der Waals surface area contributed by atoms with Crippen LogP contribution in [0.1, 0.15) is 5.56 Å². The number of nitrogens with zero attached hydrogens (tertiary/aromatic N) is 2. The average Bonchev–Trinajstić information content (AvgIpc) is 2.54. The molecule has 1 N–H and O–H groups in total. The monoisotopic (exact) mass is 327 g/mol. The van der Waals surface area contributed by atoms with E-state index >= 15 is 0 Å². The lowest BCUT2D eigenvalue weighted by Crippen LogP contribution is -2.13. The van der Waals surface area contributed by atoms with Gasteiger partial charge in [-0.15, -0.1) is 0 Å². The van der Waals surface area contributed by atoms with Crippen LogP contribution in [0.2, 0.25) is 5.02 Å². The molecule has 7 heteroatoms. The molecule has 0 aliphatic rings. The fourth-order valence-electron chi connectivity index (χ4n) is 1.81. The first-order valence-electron chi connectivity index (χ1n) is 6.43. The molecule has 0 unspecified atom stereocenters. The Hall–Kier alpha value is -3.17. The summed E-state index contributed by atoms with van der Waals surface area (Å²) < 4.78 is 0. The lowest BCUT2D eigenvalue weighted by Gasteiger charge is -2.04. The van der Waals surface area contributed by atoms with Crippen molar-refractivity contribution in [2.24, 2.45) is 0 Å². The van der Waals surface area contributed by atoms with Gasteiger partial charge in [-0.1, -0.05) is 23.7 Å². The smallest absolute Gasteiger partial charge is 0.276 e. The summed E-state index contributed by atoms with van der Waals surface area (Å²) in [6.07, 6.45) is 1.18. The van der Waals surface area contributed by atoms with Crippen molar-refractivity contribution in [3.8, 4) is 6.07 Å². The van der Waals surface area contributed by atoms with Crippen LogP contribution in [0.4, 0.5) is 11.4 Å². The number of nitrogens with one attached hydrogen (secondary N) is 1. The molecule has 0 heterocycles. The molecule has 0 aliphatic carbocycles. The molecule has 0 bridgehead atoms. The van der Waals surface area contributed by atoms with E-state index in [9.17, 15) is 14.9 Å². The number of carbonyl (C=O) groups excluding carboxylic acids is 1. The van der Waals surface area contributed by atoms with Gasteiger partial charge >= 0.3 is 0 Å². The molecule has 2 rings (SSSR count). The fraction of sp³-hybridized carbons (Fsp3) is 0. The van der Waals surface area contributed by atoms with Crippen LogP contribution in [-0.2, 0) is 4.79 Å². The summed E-state index contributed by atoms with van der Waals surface area (Å²) >= 11 is 5.75. The van der Waals surface area contributed by atoms with E-state index in [1.807, 2.05) is 0 Å². The third-order valence-corrected chi connectivity index (χ3v) is 3.15. The largest absolute Gasteiger partial charge is 0.321 e. The van der Waals surface area contributed by atoms with Crippen molar-refractivity contribution in [1.29, 1.82) is 5.26 Å². The van der Waals surface area contributed by atoms with Crippen molar-refractivity contribution in [2.75, 3.05) is 5.32 Å². The van der Waals surface area contributed by atoms with Crippen LogP contribution in [-0.4, -0.2) is 10.8 Å². The second-order valence-electron chi connectivity index (χ2n) is 4.45. The number of hydrogen-bond acceptors (Lipinski definition) is 4. The minimum absolute atomic E-state index is 0.181. The molecule has 114 valence electrons. The van der Waals surface area contributed by atoms with E-state index in [0.717, 1.165) is 0 Å². The Morgan fingerprint density at radius 3 is 2.48 bits per heavy atom. The van der Waals surface area contributed by atoms with Gasteiger partial charge in [0.2, 0.25) is 0 Å². The van der Waals surface area contributed by atoms with Crippen LogP contribution in [0.25, 0.3) is 6.08 Å². The van der Waals surface area contributed by atoms with Crippen molar-refractivity contribution in [3.05, 3.63) is 74.8 Å². The van der Waals surface area contributed by atoms with Gasteiger partial charge in [0.05, 0.1) is 10.5 Å². The van der Waals surface area contributed by atoms with E-state index in [-0.39, 0.29) is 16.8 Å². The summed E-state index contributed by atoms with van der Waals surface area (Å²) in [4.78, 5) is 22.5. The molecule has 0 spiro atoms. The second-order valence-corrected chi connectivity index (χ2v) is 4.88. The lowest BCUT2D eigenvalue weighted by atomic mass is 10.1. The van der Waals surface area contributed by atoms with Crippen LogP contribution in [0.3, 0.4) is 0 Å². The molecule has 1 amide bonds. The molecule has 2 aromatic rings. The highest BCUT2D eigenvalue weighted by molar-refractivity contribution is 6.30. The molecular formula is C16H10ClN3O3. The SMILES string of the molecule is N#CC(=Cc1ccccc1[N+](=O)[O-])C(=O)Nc1ccc(Cl)cc1. The van der Waals surface area contributed by atoms with E-state index in [4.69, 9.17) is 16.9 Å². The highest BCUT2D eigenvalue weighted by Crippen LogP contribution is 2.21. The van der Waals surface area contributed by atoms with Gasteiger partial charge in [0, 0.05) is 16.8 Å². The summed E-state index contributed by atoms with van der Waals surface area (Å²) in [7, 11) is 0. The first-order chi connectivity index (χ1) is 11.0. The predicted octanol–water partition coefficient (Wildman–Crippen LogP) is 3.79. The number of anilines is 1. The van der Waals surface area contributed by atoms with Crippen molar-refractivity contribution in [1.82, 2.24) is 0 Å². The first-order valence-corrected chi connectivity index (χ1v) is 6.81. The van der Waals surface area contributed by atoms with Gasteiger partial charge in [-0.25, -0.2) is 0 Å². The lowest BCUT2D eigenvalue weighted by molar-refractivity contribution is -0.385. The van der Waals surface area contributed by atoms with Gasteiger partial charge in [-0.05, 0) is 36.4 Å². The maximum atomic E-state index is 12.1. The second kappa shape index (κ2) is 7.20. The molecule has 6 nitrogen and oxygen atoms in total. The van der Waals surface area contributed by atoms with E-state index in [0.29, 0.717) is 10.7 Å². The van der Waals surface area contributed by atoms with E-state index < -0.39 is 10.8 Å². The number of nitriles is 1. The molecular weight excluding hydrogens is 318 g/mol. The maximum absolute atomic E-state index is 12.1. The van der Waals surface area contributed by atoms with Gasteiger partial charge in [-0.2, -0.15) is 5.26 Å². The van der Waals surface area contributed by atoms with Crippen LogP contribution in [0, 0.1) is 21.4 Å². The fourth-order valence-corrected chi connectivity index (χ4v) is 1.94. The van der Waals surface area contributed by atoms with E-state index in [2.05, 4.69) is 5.32 Å². The Labute approximate surface area is 136 Å². The Kier molecular flexibility index (Phi) is 5.07. The summed E-state index contributed by atoms with van der Waals surface area (Å²) in [6.45, 7) is 0. The van der Waals surface area contributed by atoms with Gasteiger partial charge < -0.3 is 5.32 Å². The van der Waals surface area contributed by atoms with Crippen LogP contribution >= 0.6 is 11.6 Å². The molecule has 0 atom stereocenters. The minimum atomic E-state index is -0.659. The summed E-state index contributed by atoms with van der Waals surface area (Å²) in [5.74, 6) is -0.659. The number of nitro groups is 1. The van der Waals surface area contributed by atoms with Gasteiger partial charge in [0.1, 0.15) is 11.6 Å². The molecule has 0 radical (unpaired) electrons. The first kappa shape index (κ1) is 16.2. The number of hydrogen-bond donors (Lipinski definition) is 1. The number of para-hydroxylation sites is 1. The number of benzene rings is 2. The average molecular weight is 328 g/mol. The molecule has 23 heavy (non-hydrogen) atoms. The number of carbonyl (C=O) groups is 1. The molecule has 0 aromatic heterocycles. The maximum Gasteiger partial charge on any atom is 0.276 e. The zero-order valence-corrected chi connectivity index (χ0v) is 12.4. The van der Waals surface area contributed by atoms with Gasteiger partial charge in [-0.3, -0.25) is 14.9 Å². The van der Waals surface area contributed by atoms with Crippen molar-refractivity contribution < 1.29 is 9.72 Å². The standard InChI is InChI=1S/C16H10ClN3O3/c17-13-5-7-14(8-6-13)19-16(21)12(10-18)9-11-3-1-2-4-15(11)20(22)23/h1-9H,(H,19,21). The predicted molar refractivity (Wildman–Crippen MR) is 86.8 cm³/mol. The van der Waals surface area contributed by atoms with Crippen LogP contribution in [0.5, 0.6) is 0 Å². The summed E-state index contributed by atoms with van der Waals surface area (Å²) in [5.41, 5.74) is 0.220. The third kappa shape index (κ3) is 4.15. The minimum Gasteiger partial charge on any atom is -0.321 e. The zero-order chi connectivity index (χ0) is 16.8. The molecule has 0 saturated heterocycles. The molecule has 0 saturated carbocycles. The highest BCUT2D eigenvalue weighted by Gasteiger charge is 2.15. The van der Waals surface area contributed by atoms with Gasteiger partial charge in [0.25, 0.3) is 11.6 Å². The Morgan fingerprint density at radius 1 is 1.22 bits per heavy atom. The number of rotatable bonds is 4. The summed E-state index contributed by atoms with van der Waals surface area (Å²) in [5, 5.41) is 23.1. The number of halogens is 1. The molecule has 0 fully saturated rings. The normalized spacial score (nSPS) is 10.7. The van der Waals surface area contributed by atoms with Crippen LogP contribution in [0.15, 0.2) is 54.1 Å². The quantitative estimate of drug-likeness (QED) is 0.400. The third-order valence-electron chi connectivity index (χ3n) is 2.90. The number of nitro benzene ring substituents is 1. The Balaban J connectivity index is 2.29. The zero-order valence-electron chi connectivity index (χ0n) is 11.7. The van der Waals surface area contributed by atoms with Crippen molar-refractivity contribution in [3.63, 3.8) is 0 Å².